The Hall–Kier alpha value is -1.53. The van der Waals surface area contributed by atoms with Gasteiger partial charge >= 0.3 is 0 Å². The first-order chi connectivity index (χ1) is 9.19. The van der Waals surface area contributed by atoms with Crippen LogP contribution in [0.3, 0.4) is 0 Å². The van der Waals surface area contributed by atoms with E-state index in [4.69, 9.17) is 16.9 Å². The van der Waals surface area contributed by atoms with Crippen LogP contribution in [0.15, 0.2) is 24.3 Å². The summed E-state index contributed by atoms with van der Waals surface area (Å²) >= 11 is 5.92. The zero-order valence-corrected chi connectivity index (χ0v) is 11.6. The molecule has 1 aliphatic rings. The fourth-order valence-electron chi connectivity index (χ4n) is 2.41. The molecule has 1 atom stereocenters. The number of aryl methyl sites for hydroxylation is 1. The van der Waals surface area contributed by atoms with E-state index in [1.54, 1.807) is 0 Å². The van der Waals surface area contributed by atoms with Crippen molar-refractivity contribution in [1.29, 1.82) is 5.26 Å². The van der Waals surface area contributed by atoms with Crippen LogP contribution in [0, 0.1) is 17.2 Å². The second-order valence-electron chi connectivity index (χ2n) is 4.94. The van der Waals surface area contributed by atoms with E-state index >= 15 is 0 Å². The summed E-state index contributed by atoms with van der Waals surface area (Å²) in [5.41, 5.74) is 1.08. The second-order valence-corrected chi connectivity index (χ2v) is 5.37. The number of hydrogen-bond donors (Lipinski definition) is 0. The van der Waals surface area contributed by atoms with Crippen molar-refractivity contribution in [2.45, 2.75) is 25.7 Å². The third-order valence-corrected chi connectivity index (χ3v) is 3.71. The van der Waals surface area contributed by atoms with Crippen LogP contribution in [0.4, 0.5) is 0 Å². The lowest BCUT2D eigenvalue weighted by Gasteiger charge is -2.29. The quantitative estimate of drug-likeness (QED) is 0.852. The van der Waals surface area contributed by atoms with Gasteiger partial charge in [-0.05, 0) is 37.0 Å². The maximum atomic E-state index is 12.1. The van der Waals surface area contributed by atoms with Gasteiger partial charge in [-0.3, -0.25) is 4.79 Å². The van der Waals surface area contributed by atoms with E-state index in [0.717, 1.165) is 24.9 Å². The molecular formula is C15H17ClN2O. The molecule has 1 saturated heterocycles. The molecular weight excluding hydrogens is 260 g/mol. The highest BCUT2D eigenvalue weighted by molar-refractivity contribution is 6.30. The van der Waals surface area contributed by atoms with Gasteiger partial charge in [-0.1, -0.05) is 23.7 Å². The number of carbonyl (C=O) groups excluding carboxylic acids is 1. The zero-order valence-electron chi connectivity index (χ0n) is 10.8. The minimum absolute atomic E-state index is 0.00358. The van der Waals surface area contributed by atoms with Crippen molar-refractivity contribution < 1.29 is 4.79 Å². The van der Waals surface area contributed by atoms with Crippen molar-refractivity contribution in [3.8, 4) is 6.07 Å². The molecule has 100 valence electrons. The molecule has 1 fully saturated rings. The smallest absolute Gasteiger partial charge is 0.222 e. The van der Waals surface area contributed by atoms with Crippen molar-refractivity contribution in [2.24, 2.45) is 5.92 Å². The van der Waals surface area contributed by atoms with Gasteiger partial charge in [0, 0.05) is 24.5 Å². The van der Waals surface area contributed by atoms with Crippen LogP contribution >= 0.6 is 11.6 Å². The molecule has 0 aromatic heterocycles. The van der Waals surface area contributed by atoms with Crippen molar-refractivity contribution in [3.05, 3.63) is 34.9 Å². The Morgan fingerprint density at radius 1 is 1.53 bits per heavy atom. The summed E-state index contributed by atoms with van der Waals surface area (Å²) < 4.78 is 0. The van der Waals surface area contributed by atoms with E-state index in [1.807, 2.05) is 29.2 Å². The maximum absolute atomic E-state index is 12.1. The van der Waals surface area contributed by atoms with Gasteiger partial charge in [0.25, 0.3) is 0 Å². The first kappa shape index (κ1) is 13.9. The van der Waals surface area contributed by atoms with Crippen LogP contribution < -0.4 is 0 Å². The lowest BCUT2D eigenvalue weighted by atomic mass is 9.99. The maximum Gasteiger partial charge on any atom is 0.222 e. The average molecular weight is 277 g/mol. The summed E-state index contributed by atoms with van der Waals surface area (Å²) in [5.74, 6) is 0.142. The minimum Gasteiger partial charge on any atom is -0.341 e. The van der Waals surface area contributed by atoms with Gasteiger partial charge < -0.3 is 4.90 Å². The number of hydrogen-bond acceptors (Lipinski definition) is 2. The molecule has 4 heteroatoms. The van der Waals surface area contributed by atoms with Crippen LogP contribution in [0.25, 0.3) is 0 Å². The Bertz CT molecular complexity index is 495. The Morgan fingerprint density at radius 3 is 3.11 bits per heavy atom. The van der Waals surface area contributed by atoms with Crippen molar-refractivity contribution in [2.75, 3.05) is 13.1 Å². The molecule has 0 saturated carbocycles. The molecule has 1 aromatic rings. The third-order valence-electron chi connectivity index (χ3n) is 3.47. The fourth-order valence-corrected chi connectivity index (χ4v) is 2.62. The Balaban J connectivity index is 1.86. The molecule has 0 radical (unpaired) electrons. The van der Waals surface area contributed by atoms with Crippen LogP contribution in [0.2, 0.25) is 5.02 Å². The molecule has 1 amide bonds. The highest BCUT2D eigenvalue weighted by Gasteiger charge is 2.22. The summed E-state index contributed by atoms with van der Waals surface area (Å²) in [7, 11) is 0. The second kappa shape index (κ2) is 6.58. The number of benzene rings is 1. The van der Waals surface area contributed by atoms with Gasteiger partial charge in [-0.15, -0.1) is 0 Å². The Morgan fingerprint density at radius 2 is 2.37 bits per heavy atom. The molecule has 19 heavy (non-hydrogen) atoms. The summed E-state index contributed by atoms with van der Waals surface area (Å²) in [6, 6.07) is 9.86. The van der Waals surface area contributed by atoms with Crippen molar-refractivity contribution in [3.63, 3.8) is 0 Å². The standard InChI is InChI=1S/C15H17ClN2O/c16-14-5-1-3-12(9-14)6-7-15(19)18-8-2-4-13(10-17)11-18/h1,3,5,9,13H,2,4,6-8,11H2. The summed E-state index contributed by atoms with van der Waals surface area (Å²) in [6.07, 6.45) is 3.03. The molecule has 0 aliphatic carbocycles. The average Bonchev–Trinajstić information content (AvgIpc) is 2.45. The normalized spacial score (nSPS) is 18.9. The molecule has 0 N–H and O–H groups in total. The Labute approximate surface area is 118 Å². The monoisotopic (exact) mass is 276 g/mol. The van der Waals surface area contributed by atoms with Crippen LogP contribution in [-0.2, 0) is 11.2 Å². The molecule has 0 bridgehead atoms. The van der Waals surface area contributed by atoms with Crippen LogP contribution in [0.5, 0.6) is 0 Å². The minimum atomic E-state index is 0.00358. The lowest BCUT2D eigenvalue weighted by molar-refractivity contribution is -0.132. The number of likely N-dealkylation sites (tertiary alicyclic amines) is 1. The highest BCUT2D eigenvalue weighted by Crippen LogP contribution is 2.17. The predicted molar refractivity (Wildman–Crippen MR) is 74.7 cm³/mol. The molecule has 3 nitrogen and oxygen atoms in total. The van der Waals surface area contributed by atoms with Gasteiger partial charge in [0.05, 0.1) is 12.0 Å². The third kappa shape index (κ3) is 3.97. The number of rotatable bonds is 3. The van der Waals surface area contributed by atoms with Crippen LogP contribution in [-0.4, -0.2) is 23.9 Å². The lowest BCUT2D eigenvalue weighted by Crippen LogP contribution is -2.39. The van der Waals surface area contributed by atoms with E-state index in [0.29, 0.717) is 24.4 Å². The summed E-state index contributed by atoms with van der Waals surface area (Å²) in [6.45, 7) is 1.37. The van der Waals surface area contributed by atoms with Gasteiger partial charge in [-0.25, -0.2) is 0 Å². The number of amides is 1. The number of nitrogens with zero attached hydrogens (tertiary/aromatic N) is 2. The van der Waals surface area contributed by atoms with Crippen molar-refractivity contribution >= 4 is 17.5 Å². The first-order valence-electron chi connectivity index (χ1n) is 6.61. The molecule has 1 aromatic carbocycles. The topological polar surface area (TPSA) is 44.1 Å². The number of carbonyl (C=O) groups is 1. The first-order valence-corrected chi connectivity index (χ1v) is 6.98. The molecule has 2 rings (SSSR count). The summed E-state index contributed by atoms with van der Waals surface area (Å²) in [5, 5.41) is 9.63. The van der Waals surface area contributed by atoms with E-state index in [1.165, 1.54) is 0 Å². The molecule has 1 heterocycles. The number of nitriles is 1. The molecule has 1 aliphatic heterocycles. The molecule has 1 unspecified atom stereocenters. The van der Waals surface area contributed by atoms with E-state index < -0.39 is 0 Å². The van der Waals surface area contributed by atoms with Gasteiger partial charge in [0.15, 0.2) is 0 Å². The summed E-state index contributed by atoms with van der Waals surface area (Å²) in [4.78, 5) is 13.9. The molecule has 0 spiro atoms. The van der Waals surface area contributed by atoms with Gasteiger partial charge in [0.1, 0.15) is 0 Å². The number of piperidine rings is 1. The highest BCUT2D eigenvalue weighted by atomic mass is 35.5. The SMILES string of the molecule is N#CC1CCCN(C(=O)CCc2cccc(Cl)c2)C1. The van der Waals surface area contributed by atoms with Gasteiger partial charge in [-0.2, -0.15) is 5.26 Å². The van der Waals surface area contributed by atoms with Crippen LogP contribution in [0.1, 0.15) is 24.8 Å². The van der Waals surface area contributed by atoms with E-state index in [-0.39, 0.29) is 11.8 Å². The number of halogens is 1. The Kier molecular flexibility index (Phi) is 4.81. The van der Waals surface area contributed by atoms with E-state index in [2.05, 4.69) is 6.07 Å². The predicted octanol–water partition coefficient (Wildman–Crippen LogP) is 3.03. The zero-order chi connectivity index (χ0) is 13.7. The van der Waals surface area contributed by atoms with E-state index in [9.17, 15) is 4.79 Å². The van der Waals surface area contributed by atoms with Crippen molar-refractivity contribution in [1.82, 2.24) is 4.90 Å². The van der Waals surface area contributed by atoms with Gasteiger partial charge in [0.2, 0.25) is 5.91 Å². The fraction of sp³-hybridized carbons (Fsp3) is 0.467. The largest absolute Gasteiger partial charge is 0.341 e.